The number of hydrogen-bond donors (Lipinski definition) is 1. The highest BCUT2D eigenvalue weighted by Gasteiger charge is 2.38. The van der Waals surface area contributed by atoms with Crippen molar-refractivity contribution in [3.8, 4) is 11.3 Å². The van der Waals surface area contributed by atoms with E-state index in [0.29, 0.717) is 36.2 Å². The van der Waals surface area contributed by atoms with Crippen LogP contribution in [0.25, 0.3) is 11.3 Å². The number of anilines is 1. The van der Waals surface area contributed by atoms with Gasteiger partial charge in [-0.1, -0.05) is 18.2 Å². The Balaban J connectivity index is 1.70. The minimum absolute atomic E-state index is 0.135. The zero-order valence-electron chi connectivity index (χ0n) is 15.9. The maximum Gasteiger partial charge on any atom is 0.246 e. The second-order valence-corrected chi connectivity index (χ2v) is 7.85. The first-order valence-corrected chi connectivity index (χ1v) is 9.94. The third-order valence-electron chi connectivity index (χ3n) is 5.37. The summed E-state index contributed by atoms with van der Waals surface area (Å²) in [6.45, 7) is 5.03. The third kappa shape index (κ3) is 4.10. The van der Waals surface area contributed by atoms with Gasteiger partial charge in [-0.25, -0.2) is 9.97 Å². The molecule has 1 aromatic heterocycles. The zero-order valence-corrected chi connectivity index (χ0v) is 16.7. The standard InChI is InChI=1S/C21H22ClN5O2/c1-2-20(28)27-6-5-26(21(29)13-3-4-13)11-18(27)15-7-14(8-16(22)9-15)17-10-19(23)25-12-24-17/h2,7-10,12-13,18H,1,3-6,11H2,(H2,23,24,25)/t18-/m0/s1. The van der Waals surface area contributed by atoms with Crippen LogP contribution in [0.15, 0.2) is 43.2 Å². The number of nitrogens with zero attached hydrogens (tertiary/aromatic N) is 4. The molecule has 29 heavy (non-hydrogen) atoms. The van der Waals surface area contributed by atoms with Gasteiger partial charge in [0.05, 0.1) is 11.7 Å². The van der Waals surface area contributed by atoms with Gasteiger partial charge in [-0.15, -0.1) is 0 Å². The first-order valence-electron chi connectivity index (χ1n) is 9.56. The Morgan fingerprint density at radius 3 is 2.66 bits per heavy atom. The molecule has 1 saturated carbocycles. The van der Waals surface area contributed by atoms with E-state index in [0.717, 1.165) is 24.0 Å². The van der Waals surface area contributed by atoms with E-state index in [1.807, 2.05) is 17.0 Å². The molecule has 150 valence electrons. The molecule has 8 heteroatoms. The Bertz CT molecular complexity index is 975. The predicted octanol–water partition coefficient (Wildman–Crippen LogP) is 2.69. The number of aromatic nitrogens is 2. The number of nitrogens with two attached hydrogens (primary N) is 1. The lowest BCUT2D eigenvalue weighted by molar-refractivity contribution is -0.141. The highest BCUT2D eigenvalue weighted by molar-refractivity contribution is 6.31. The Labute approximate surface area is 174 Å². The van der Waals surface area contributed by atoms with Gasteiger partial charge < -0.3 is 15.5 Å². The Hall–Kier alpha value is -2.93. The molecular weight excluding hydrogens is 390 g/mol. The predicted molar refractivity (Wildman–Crippen MR) is 111 cm³/mol. The molecule has 2 aromatic rings. The lowest BCUT2D eigenvalue weighted by Gasteiger charge is -2.41. The Morgan fingerprint density at radius 2 is 1.97 bits per heavy atom. The van der Waals surface area contributed by atoms with Crippen molar-refractivity contribution in [1.82, 2.24) is 19.8 Å². The second-order valence-electron chi connectivity index (χ2n) is 7.41. The molecule has 0 radical (unpaired) electrons. The minimum Gasteiger partial charge on any atom is -0.384 e. The fraction of sp³-hybridized carbons (Fsp3) is 0.333. The van der Waals surface area contributed by atoms with E-state index in [2.05, 4.69) is 16.5 Å². The third-order valence-corrected chi connectivity index (χ3v) is 5.58. The Kier molecular flexibility index (Phi) is 5.24. The summed E-state index contributed by atoms with van der Waals surface area (Å²) < 4.78 is 0. The highest BCUT2D eigenvalue weighted by atomic mass is 35.5. The Morgan fingerprint density at radius 1 is 1.17 bits per heavy atom. The molecule has 1 aliphatic heterocycles. The molecule has 2 amide bonds. The van der Waals surface area contributed by atoms with Gasteiger partial charge in [0.25, 0.3) is 0 Å². The summed E-state index contributed by atoms with van der Waals surface area (Å²) in [6.07, 6.45) is 4.61. The minimum atomic E-state index is -0.311. The maximum absolute atomic E-state index is 12.6. The molecule has 2 N–H and O–H groups in total. The largest absolute Gasteiger partial charge is 0.384 e. The average Bonchev–Trinajstić information content (AvgIpc) is 3.57. The van der Waals surface area contributed by atoms with Gasteiger partial charge in [0.1, 0.15) is 12.1 Å². The maximum atomic E-state index is 12.6. The summed E-state index contributed by atoms with van der Waals surface area (Å²) in [5, 5.41) is 0.520. The van der Waals surface area contributed by atoms with Crippen molar-refractivity contribution in [2.75, 3.05) is 25.4 Å². The van der Waals surface area contributed by atoms with E-state index in [1.165, 1.54) is 12.4 Å². The molecule has 0 unspecified atom stereocenters. The van der Waals surface area contributed by atoms with Crippen LogP contribution >= 0.6 is 11.6 Å². The smallest absolute Gasteiger partial charge is 0.246 e. The van der Waals surface area contributed by atoms with Crippen molar-refractivity contribution >= 4 is 29.2 Å². The van der Waals surface area contributed by atoms with Crippen LogP contribution in [0.3, 0.4) is 0 Å². The first kappa shape index (κ1) is 19.4. The van der Waals surface area contributed by atoms with Gasteiger partial charge in [0.2, 0.25) is 11.8 Å². The van der Waals surface area contributed by atoms with Gasteiger partial charge >= 0.3 is 0 Å². The number of halogens is 1. The van der Waals surface area contributed by atoms with Crippen LogP contribution in [0.2, 0.25) is 5.02 Å². The summed E-state index contributed by atoms with van der Waals surface area (Å²) in [6, 6.07) is 6.92. The molecule has 0 spiro atoms. The highest BCUT2D eigenvalue weighted by Crippen LogP contribution is 2.35. The van der Waals surface area contributed by atoms with Crippen LogP contribution in [-0.2, 0) is 9.59 Å². The van der Waals surface area contributed by atoms with E-state index in [-0.39, 0.29) is 23.8 Å². The van der Waals surface area contributed by atoms with E-state index in [1.54, 1.807) is 17.0 Å². The van der Waals surface area contributed by atoms with Crippen molar-refractivity contribution in [1.29, 1.82) is 0 Å². The molecule has 2 heterocycles. The van der Waals surface area contributed by atoms with Crippen molar-refractivity contribution in [2.45, 2.75) is 18.9 Å². The SMILES string of the molecule is C=CC(=O)N1CCN(C(=O)C2CC2)C[C@H]1c1cc(Cl)cc(-c2cc(N)ncn2)c1. The summed E-state index contributed by atoms with van der Waals surface area (Å²) in [4.78, 5) is 36.9. The van der Waals surface area contributed by atoms with Crippen LogP contribution in [0, 0.1) is 5.92 Å². The summed E-state index contributed by atoms with van der Waals surface area (Å²) in [7, 11) is 0. The summed E-state index contributed by atoms with van der Waals surface area (Å²) >= 11 is 6.40. The van der Waals surface area contributed by atoms with Gasteiger partial charge in [0.15, 0.2) is 0 Å². The van der Waals surface area contributed by atoms with Crippen LogP contribution in [0.4, 0.5) is 5.82 Å². The van der Waals surface area contributed by atoms with E-state index >= 15 is 0 Å². The van der Waals surface area contributed by atoms with Crippen molar-refractivity contribution in [2.24, 2.45) is 5.92 Å². The molecule has 2 aliphatic rings. The van der Waals surface area contributed by atoms with Crippen LogP contribution < -0.4 is 5.73 Å². The quantitative estimate of drug-likeness (QED) is 0.781. The van der Waals surface area contributed by atoms with E-state index < -0.39 is 0 Å². The number of piperazine rings is 1. The van der Waals surface area contributed by atoms with Gasteiger partial charge in [0, 0.05) is 42.2 Å². The molecule has 1 atom stereocenters. The number of amides is 2. The number of rotatable bonds is 4. The molecule has 0 bridgehead atoms. The number of carbonyl (C=O) groups is 2. The molecule has 1 aromatic carbocycles. The summed E-state index contributed by atoms with van der Waals surface area (Å²) in [5.41, 5.74) is 8.05. The van der Waals surface area contributed by atoms with Gasteiger partial charge in [-0.2, -0.15) is 0 Å². The van der Waals surface area contributed by atoms with Gasteiger partial charge in [-0.3, -0.25) is 9.59 Å². The van der Waals surface area contributed by atoms with E-state index in [9.17, 15) is 9.59 Å². The van der Waals surface area contributed by atoms with Crippen LogP contribution in [0.5, 0.6) is 0 Å². The van der Waals surface area contributed by atoms with Crippen molar-refractivity contribution in [3.63, 3.8) is 0 Å². The normalized spacial score (nSPS) is 19.1. The topological polar surface area (TPSA) is 92.4 Å². The molecule has 4 rings (SSSR count). The van der Waals surface area contributed by atoms with Crippen LogP contribution in [0.1, 0.15) is 24.4 Å². The lowest BCUT2D eigenvalue weighted by atomic mass is 9.98. The number of carbonyl (C=O) groups excluding carboxylic acids is 2. The monoisotopic (exact) mass is 411 g/mol. The number of hydrogen-bond acceptors (Lipinski definition) is 5. The molecule has 2 fully saturated rings. The molecule has 7 nitrogen and oxygen atoms in total. The lowest BCUT2D eigenvalue weighted by Crippen LogP contribution is -2.52. The number of nitrogen functional groups attached to an aromatic ring is 1. The van der Waals surface area contributed by atoms with Crippen molar-refractivity contribution < 1.29 is 9.59 Å². The molecule has 1 aliphatic carbocycles. The van der Waals surface area contributed by atoms with Crippen molar-refractivity contribution in [3.05, 3.63) is 53.8 Å². The number of benzene rings is 1. The van der Waals surface area contributed by atoms with Gasteiger partial charge in [-0.05, 0) is 42.7 Å². The fourth-order valence-corrected chi connectivity index (χ4v) is 3.96. The van der Waals surface area contributed by atoms with Crippen LogP contribution in [-0.4, -0.2) is 51.2 Å². The second kappa shape index (κ2) is 7.83. The average molecular weight is 412 g/mol. The zero-order chi connectivity index (χ0) is 20.5. The summed E-state index contributed by atoms with van der Waals surface area (Å²) in [5.74, 6) is 0.503. The fourth-order valence-electron chi connectivity index (χ4n) is 3.72. The first-order chi connectivity index (χ1) is 14.0. The molecule has 1 saturated heterocycles. The molecular formula is C21H22ClN5O2. The van der Waals surface area contributed by atoms with E-state index in [4.69, 9.17) is 17.3 Å².